The van der Waals surface area contributed by atoms with E-state index in [1.54, 1.807) is 0 Å². The van der Waals surface area contributed by atoms with Crippen molar-refractivity contribution >= 4 is 5.91 Å². The van der Waals surface area contributed by atoms with E-state index in [2.05, 4.69) is 5.32 Å². The molecule has 1 heterocycles. The molecule has 1 saturated heterocycles. The van der Waals surface area contributed by atoms with E-state index in [9.17, 15) is 4.79 Å². The second-order valence-electron chi connectivity index (χ2n) is 5.26. The summed E-state index contributed by atoms with van der Waals surface area (Å²) in [4.78, 5) is 11.5. The van der Waals surface area contributed by atoms with Crippen LogP contribution < -0.4 is 15.8 Å². The maximum atomic E-state index is 11.5. The standard InChI is InChI=1S/C17H18N2O2/c18-17(20)16-11-19-10-15(16)12-5-4-8-14(9-12)21-13-6-2-1-3-7-13/h1-9,15-16,19H,10-11H2,(H2,18,20). The van der Waals surface area contributed by atoms with Crippen LogP contribution in [0.5, 0.6) is 11.5 Å². The minimum absolute atomic E-state index is 0.113. The third kappa shape index (κ3) is 3.06. The molecule has 4 nitrogen and oxygen atoms in total. The minimum Gasteiger partial charge on any atom is -0.457 e. The molecule has 1 aliphatic rings. The Morgan fingerprint density at radius 1 is 1.05 bits per heavy atom. The van der Waals surface area contributed by atoms with Crippen LogP contribution in [0.25, 0.3) is 0 Å². The van der Waals surface area contributed by atoms with Crippen molar-refractivity contribution in [2.75, 3.05) is 13.1 Å². The van der Waals surface area contributed by atoms with Gasteiger partial charge < -0.3 is 15.8 Å². The Hall–Kier alpha value is -2.33. The maximum Gasteiger partial charge on any atom is 0.222 e. The second-order valence-corrected chi connectivity index (χ2v) is 5.26. The van der Waals surface area contributed by atoms with Crippen molar-refractivity contribution in [3.8, 4) is 11.5 Å². The van der Waals surface area contributed by atoms with Gasteiger partial charge in [-0.15, -0.1) is 0 Å². The summed E-state index contributed by atoms with van der Waals surface area (Å²) >= 11 is 0. The van der Waals surface area contributed by atoms with Crippen LogP contribution >= 0.6 is 0 Å². The molecule has 1 amide bonds. The largest absolute Gasteiger partial charge is 0.457 e. The van der Waals surface area contributed by atoms with Gasteiger partial charge >= 0.3 is 0 Å². The minimum atomic E-state index is -0.251. The molecular formula is C17H18N2O2. The lowest BCUT2D eigenvalue weighted by molar-refractivity contribution is -0.121. The van der Waals surface area contributed by atoms with E-state index in [0.717, 1.165) is 23.6 Å². The van der Waals surface area contributed by atoms with Crippen LogP contribution in [0.3, 0.4) is 0 Å². The van der Waals surface area contributed by atoms with Crippen molar-refractivity contribution in [3.05, 3.63) is 60.2 Å². The Bertz CT molecular complexity index is 628. The molecule has 2 aromatic carbocycles. The number of carbonyl (C=O) groups excluding carboxylic acids is 1. The number of nitrogens with two attached hydrogens (primary N) is 1. The number of ether oxygens (including phenoxy) is 1. The predicted octanol–water partition coefficient (Wildman–Crippen LogP) is 2.27. The fourth-order valence-electron chi connectivity index (χ4n) is 2.76. The van der Waals surface area contributed by atoms with Crippen molar-refractivity contribution in [1.29, 1.82) is 0 Å². The van der Waals surface area contributed by atoms with Crippen molar-refractivity contribution in [2.45, 2.75) is 5.92 Å². The molecule has 3 rings (SSSR count). The summed E-state index contributed by atoms with van der Waals surface area (Å²) in [5, 5.41) is 3.23. The van der Waals surface area contributed by atoms with E-state index < -0.39 is 0 Å². The molecule has 2 atom stereocenters. The van der Waals surface area contributed by atoms with Crippen LogP contribution in [0.4, 0.5) is 0 Å². The first kappa shape index (κ1) is 13.6. The lowest BCUT2D eigenvalue weighted by Gasteiger charge is -2.16. The Kier molecular flexibility index (Phi) is 3.88. The van der Waals surface area contributed by atoms with Crippen LogP contribution in [0.1, 0.15) is 11.5 Å². The fourth-order valence-corrected chi connectivity index (χ4v) is 2.76. The summed E-state index contributed by atoms with van der Waals surface area (Å²) < 4.78 is 5.84. The lowest BCUT2D eigenvalue weighted by atomic mass is 9.88. The maximum absolute atomic E-state index is 11.5. The quantitative estimate of drug-likeness (QED) is 0.904. The average Bonchev–Trinajstić information content (AvgIpc) is 2.98. The van der Waals surface area contributed by atoms with Gasteiger partial charge in [0.25, 0.3) is 0 Å². The summed E-state index contributed by atoms with van der Waals surface area (Å²) in [6.07, 6.45) is 0. The van der Waals surface area contributed by atoms with Crippen LogP contribution in [0, 0.1) is 5.92 Å². The van der Waals surface area contributed by atoms with Crippen LogP contribution in [-0.2, 0) is 4.79 Å². The second kappa shape index (κ2) is 5.97. The van der Waals surface area contributed by atoms with E-state index >= 15 is 0 Å². The molecule has 4 heteroatoms. The number of nitrogens with one attached hydrogen (secondary N) is 1. The Labute approximate surface area is 123 Å². The van der Waals surface area contributed by atoms with E-state index in [1.807, 2.05) is 54.6 Å². The van der Waals surface area contributed by atoms with Crippen LogP contribution in [0.2, 0.25) is 0 Å². The van der Waals surface area contributed by atoms with Crippen molar-refractivity contribution in [3.63, 3.8) is 0 Å². The van der Waals surface area contributed by atoms with Gasteiger partial charge in [-0.25, -0.2) is 0 Å². The van der Waals surface area contributed by atoms with E-state index in [0.29, 0.717) is 6.54 Å². The van der Waals surface area contributed by atoms with Gasteiger partial charge in [0.05, 0.1) is 5.92 Å². The monoisotopic (exact) mass is 282 g/mol. The molecule has 0 aliphatic carbocycles. The smallest absolute Gasteiger partial charge is 0.222 e. The van der Waals surface area contributed by atoms with Crippen molar-refractivity contribution in [1.82, 2.24) is 5.32 Å². The van der Waals surface area contributed by atoms with Gasteiger partial charge in [0.1, 0.15) is 11.5 Å². The first-order chi connectivity index (χ1) is 10.2. The van der Waals surface area contributed by atoms with Crippen molar-refractivity contribution < 1.29 is 9.53 Å². The highest BCUT2D eigenvalue weighted by Gasteiger charge is 2.32. The van der Waals surface area contributed by atoms with E-state index in [1.165, 1.54) is 0 Å². The van der Waals surface area contributed by atoms with Gasteiger partial charge in [-0.3, -0.25) is 4.79 Å². The van der Waals surface area contributed by atoms with E-state index in [-0.39, 0.29) is 17.7 Å². The van der Waals surface area contributed by atoms with E-state index in [4.69, 9.17) is 10.5 Å². The molecular weight excluding hydrogens is 264 g/mol. The fraction of sp³-hybridized carbons (Fsp3) is 0.235. The first-order valence-corrected chi connectivity index (χ1v) is 7.07. The number of hydrogen-bond acceptors (Lipinski definition) is 3. The number of hydrogen-bond donors (Lipinski definition) is 2. The molecule has 1 aliphatic heterocycles. The topological polar surface area (TPSA) is 64.4 Å². The highest BCUT2D eigenvalue weighted by molar-refractivity contribution is 5.78. The highest BCUT2D eigenvalue weighted by atomic mass is 16.5. The molecule has 21 heavy (non-hydrogen) atoms. The molecule has 3 N–H and O–H groups in total. The zero-order valence-electron chi connectivity index (χ0n) is 11.7. The third-order valence-corrected chi connectivity index (χ3v) is 3.84. The number of rotatable bonds is 4. The van der Waals surface area contributed by atoms with Gasteiger partial charge in [0, 0.05) is 19.0 Å². The molecule has 108 valence electrons. The van der Waals surface area contributed by atoms with Crippen LogP contribution in [0.15, 0.2) is 54.6 Å². The normalized spacial score (nSPS) is 21.1. The van der Waals surface area contributed by atoms with Gasteiger partial charge in [0.15, 0.2) is 0 Å². The molecule has 0 saturated carbocycles. The van der Waals surface area contributed by atoms with Crippen LogP contribution in [-0.4, -0.2) is 19.0 Å². The number of carbonyl (C=O) groups is 1. The van der Waals surface area contributed by atoms with Gasteiger partial charge in [-0.2, -0.15) is 0 Å². The highest BCUT2D eigenvalue weighted by Crippen LogP contribution is 2.31. The number of benzene rings is 2. The lowest BCUT2D eigenvalue weighted by Crippen LogP contribution is -2.28. The molecule has 2 aromatic rings. The molecule has 0 spiro atoms. The average molecular weight is 282 g/mol. The summed E-state index contributed by atoms with van der Waals surface area (Å²) in [5.74, 6) is 1.28. The molecule has 0 radical (unpaired) electrons. The first-order valence-electron chi connectivity index (χ1n) is 7.07. The molecule has 1 fully saturated rings. The Balaban J connectivity index is 1.81. The van der Waals surface area contributed by atoms with Gasteiger partial charge in [-0.05, 0) is 29.8 Å². The Morgan fingerprint density at radius 3 is 2.57 bits per heavy atom. The molecule has 0 aromatic heterocycles. The SMILES string of the molecule is NC(=O)C1CNCC1c1cccc(Oc2ccccc2)c1. The van der Waals surface area contributed by atoms with Gasteiger partial charge in [-0.1, -0.05) is 30.3 Å². The predicted molar refractivity (Wildman–Crippen MR) is 81.3 cm³/mol. The zero-order chi connectivity index (χ0) is 14.7. The Morgan fingerprint density at radius 2 is 1.81 bits per heavy atom. The number of primary amides is 1. The summed E-state index contributed by atoms with van der Waals surface area (Å²) in [5.41, 5.74) is 6.56. The molecule has 2 unspecified atom stereocenters. The zero-order valence-corrected chi connectivity index (χ0v) is 11.7. The molecule has 0 bridgehead atoms. The van der Waals surface area contributed by atoms with Gasteiger partial charge in [0.2, 0.25) is 5.91 Å². The summed E-state index contributed by atoms with van der Waals surface area (Å²) in [6, 6.07) is 17.5. The summed E-state index contributed by atoms with van der Waals surface area (Å²) in [7, 11) is 0. The number of amides is 1. The third-order valence-electron chi connectivity index (χ3n) is 3.84. The summed E-state index contributed by atoms with van der Waals surface area (Å²) in [6.45, 7) is 1.41. The van der Waals surface area contributed by atoms with Crippen molar-refractivity contribution in [2.24, 2.45) is 11.7 Å². The number of para-hydroxylation sites is 1.